The second-order valence-corrected chi connectivity index (χ2v) is 5.89. The van der Waals surface area contributed by atoms with Gasteiger partial charge in [-0.15, -0.1) is 11.3 Å². The molecule has 0 unspecified atom stereocenters. The zero-order valence-electron chi connectivity index (χ0n) is 9.85. The number of nitrogens with zero attached hydrogens (tertiary/aromatic N) is 2. The molecule has 92 valence electrons. The number of nitrogens with two attached hydrogens (primary N) is 1. The highest BCUT2D eigenvalue weighted by atomic mass is 79.9. The first-order valence-corrected chi connectivity index (χ1v) is 7.26. The van der Waals surface area contributed by atoms with Crippen LogP contribution in [0.5, 0.6) is 0 Å². The Morgan fingerprint density at radius 1 is 1.39 bits per heavy atom. The number of aryl methyl sites for hydroxylation is 1. The Kier molecular flexibility index (Phi) is 2.97. The molecular weight excluding hydrogens is 310 g/mol. The molecule has 0 saturated carbocycles. The molecule has 2 N–H and O–H groups in total. The molecular formula is C13H12BrN3S. The van der Waals surface area contributed by atoms with Crippen LogP contribution in [0, 0.1) is 0 Å². The Bertz CT molecular complexity index is 714. The first-order valence-electron chi connectivity index (χ1n) is 5.59. The predicted octanol–water partition coefficient (Wildman–Crippen LogP) is 3.52. The topological polar surface area (TPSA) is 43.8 Å². The van der Waals surface area contributed by atoms with Gasteiger partial charge in [-0.1, -0.05) is 6.07 Å². The van der Waals surface area contributed by atoms with E-state index in [0.29, 0.717) is 6.54 Å². The lowest BCUT2D eigenvalue weighted by Gasteiger charge is -2.01. The van der Waals surface area contributed by atoms with Crippen LogP contribution in [0.25, 0.3) is 21.7 Å². The van der Waals surface area contributed by atoms with Crippen LogP contribution < -0.4 is 5.73 Å². The van der Waals surface area contributed by atoms with E-state index in [4.69, 9.17) is 10.7 Å². The molecule has 5 heteroatoms. The molecule has 0 fully saturated rings. The van der Waals surface area contributed by atoms with Crippen LogP contribution in [0.3, 0.4) is 0 Å². The molecule has 3 aromatic rings. The van der Waals surface area contributed by atoms with Crippen molar-refractivity contribution < 1.29 is 0 Å². The smallest absolute Gasteiger partial charge is 0.152 e. The summed E-state index contributed by atoms with van der Waals surface area (Å²) in [7, 11) is 2.04. The first kappa shape index (κ1) is 11.9. The van der Waals surface area contributed by atoms with Gasteiger partial charge in [-0.2, -0.15) is 0 Å². The molecule has 0 spiro atoms. The van der Waals surface area contributed by atoms with Gasteiger partial charge in [0.25, 0.3) is 0 Å². The number of thiophene rings is 1. The van der Waals surface area contributed by atoms with Crippen molar-refractivity contribution in [3.05, 3.63) is 39.7 Å². The van der Waals surface area contributed by atoms with E-state index in [1.54, 1.807) is 11.3 Å². The van der Waals surface area contributed by atoms with Gasteiger partial charge in [-0.3, -0.25) is 0 Å². The Labute approximate surface area is 117 Å². The predicted molar refractivity (Wildman–Crippen MR) is 79.6 cm³/mol. The van der Waals surface area contributed by atoms with Crippen molar-refractivity contribution in [2.75, 3.05) is 0 Å². The fraction of sp³-hybridized carbons (Fsp3) is 0.154. The quantitative estimate of drug-likeness (QED) is 0.784. The van der Waals surface area contributed by atoms with Gasteiger partial charge in [0.15, 0.2) is 5.82 Å². The van der Waals surface area contributed by atoms with Crippen LogP contribution >= 0.6 is 27.3 Å². The van der Waals surface area contributed by atoms with Gasteiger partial charge < -0.3 is 10.3 Å². The van der Waals surface area contributed by atoms with Crippen molar-refractivity contribution in [2.24, 2.45) is 12.8 Å². The summed E-state index contributed by atoms with van der Waals surface area (Å²) in [5.41, 5.74) is 8.93. The van der Waals surface area contributed by atoms with Crippen molar-refractivity contribution in [3.8, 4) is 10.7 Å². The molecule has 0 amide bonds. The Hall–Kier alpha value is -1.17. The van der Waals surface area contributed by atoms with Crippen molar-refractivity contribution in [1.29, 1.82) is 0 Å². The maximum absolute atomic E-state index is 5.68. The van der Waals surface area contributed by atoms with E-state index in [0.717, 1.165) is 31.8 Å². The van der Waals surface area contributed by atoms with Crippen LogP contribution in [0.15, 0.2) is 34.1 Å². The van der Waals surface area contributed by atoms with Crippen molar-refractivity contribution in [3.63, 3.8) is 0 Å². The van der Waals surface area contributed by atoms with Crippen LogP contribution in [0.2, 0.25) is 0 Å². The summed E-state index contributed by atoms with van der Waals surface area (Å²) in [5.74, 6) is 0.987. The Morgan fingerprint density at radius 3 is 2.89 bits per heavy atom. The highest BCUT2D eigenvalue weighted by Gasteiger charge is 2.13. The minimum atomic E-state index is 0.555. The van der Waals surface area contributed by atoms with Crippen molar-refractivity contribution in [1.82, 2.24) is 9.55 Å². The van der Waals surface area contributed by atoms with E-state index >= 15 is 0 Å². The maximum atomic E-state index is 5.68. The monoisotopic (exact) mass is 321 g/mol. The van der Waals surface area contributed by atoms with E-state index in [9.17, 15) is 0 Å². The molecule has 3 nitrogen and oxygen atoms in total. The van der Waals surface area contributed by atoms with E-state index in [1.807, 2.05) is 25.2 Å². The third-order valence-electron chi connectivity index (χ3n) is 3.00. The molecule has 0 aliphatic rings. The standard InChI is InChI=1S/C13H12BrN3S/c1-17-11-6-8(7-15)2-3-10(11)16-13(17)12-9(14)4-5-18-12/h2-6H,7,15H2,1H3. The number of imidazole rings is 1. The lowest BCUT2D eigenvalue weighted by Crippen LogP contribution is -1.96. The highest BCUT2D eigenvalue weighted by Crippen LogP contribution is 2.34. The van der Waals surface area contributed by atoms with E-state index in [1.165, 1.54) is 0 Å². The second-order valence-electron chi connectivity index (χ2n) is 4.12. The number of benzene rings is 1. The van der Waals surface area contributed by atoms with Gasteiger partial charge in [-0.25, -0.2) is 4.98 Å². The summed E-state index contributed by atoms with van der Waals surface area (Å²) in [6.45, 7) is 0.555. The number of hydrogen-bond acceptors (Lipinski definition) is 3. The normalized spacial score (nSPS) is 11.3. The number of rotatable bonds is 2. The zero-order chi connectivity index (χ0) is 12.7. The molecule has 1 aromatic carbocycles. The van der Waals surface area contributed by atoms with Gasteiger partial charge in [0.05, 0.1) is 15.9 Å². The lowest BCUT2D eigenvalue weighted by molar-refractivity contribution is 0.959. The fourth-order valence-corrected chi connectivity index (χ4v) is 3.59. The number of fused-ring (bicyclic) bond motifs is 1. The van der Waals surface area contributed by atoms with Gasteiger partial charge in [-0.05, 0) is 45.1 Å². The third-order valence-corrected chi connectivity index (χ3v) is 4.83. The summed E-state index contributed by atoms with van der Waals surface area (Å²) < 4.78 is 3.20. The summed E-state index contributed by atoms with van der Waals surface area (Å²) in [6.07, 6.45) is 0. The number of halogens is 1. The average molecular weight is 322 g/mol. The van der Waals surface area contributed by atoms with E-state index in [-0.39, 0.29) is 0 Å². The molecule has 3 rings (SSSR count). The van der Waals surface area contributed by atoms with Gasteiger partial charge in [0, 0.05) is 18.1 Å². The molecule has 0 saturated heterocycles. The molecule has 18 heavy (non-hydrogen) atoms. The Balaban J connectivity index is 2.26. The molecule has 2 heterocycles. The molecule has 0 atom stereocenters. The summed E-state index contributed by atoms with van der Waals surface area (Å²) in [6, 6.07) is 8.21. The maximum Gasteiger partial charge on any atom is 0.152 e. The van der Waals surface area contributed by atoms with E-state index < -0.39 is 0 Å². The van der Waals surface area contributed by atoms with Crippen molar-refractivity contribution in [2.45, 2.75) is 6.54 Å². The molecule has 0 radical (unpaired) electrons. The minimum Gasteiger partial charge on any atom is -0.326 e. The molecule has 2 aromatic heterocycles. The van der Waals surface area contributed by atoms with Crippen LogP contribution in [-0.2, 0) is 13.6 Å². The van der Waals surface area contributed by atoms with Gasteiger partial charge >= 0.3 is 0 Å². The summed E-state index contributed by atoms with van der Waals surface area (Å²) in [5, 5.41) is 2.06. The average Bonchev–Trinajstić information content (AvgIpc) is 2.93. The van der Waals surface area contributed by atoms with E-state index in [2.05, 4.69) is 31.9 Å². The number of hydrogen-bond donors (Lipinski definition) is 1. The fourth-order valence-electron chi connectivity index (χ4n) is 2.02. The van der Waals surface area contributed by atoms with Gasteiger partial charge in [0.1, 0.15) is 0 Å². The zero-order valence-corrected chi connectivity index (χ0v) is 12.3. The largest absolute Gasteiger partial charge is 0.326 e. The minimum absolute atomic E-state index is 0.555. The van der Waals surface area contributed by atoms with Crippen LogP contribution in [0.1, 0.15) is 5.56 Å². The second kappa shape index (κ2) is 4.50. The highest BCUT2D eigenvalue weighted by molar-refractivity contribution is 9.10. The first-order chi connectivity index (χ1) is 8.70. The number of aromatic nitrogens is 2. The van der Waals surface area contributed by atoms with Crippen LogP contribution in [0.4, 0.5) is 0 Å². The molecule has 0 aliphatic carbocycles. The molecule has 0 bridgehead atoms. The van der Waals surface area contributed by atoms with Crippen LogP contribution in [-0.4, -0.2) is 9.55 Å². The SMILES string of the molecule is Cn1c(-c2sccc2Br)nc2ccc(CN)cc21. The van der Waals surface area contributed by atoms with Gasteiger partial charge in [0.2, 0.25) is 0 Å². The molecule has 0 aliphatic heterocycles. The third kappa shape index (κ3) is 1.79. The summed E-state index contributed by atoms with van der Waals surface area (Å²) >= 11 is 5.25. The Morgan fingerprint density at radius 2 is 2.22 bits per heavy atom. The lowest BCUT2D eigenvalue weighted by atomic mass is 10.2. The summed E-state index contributed by atoms with van der Waals surface area (Å²) in [4.78, 5) is 5.85. The van der Waals surface area contributed by atoms with Crippen molar-refractivity contribution >= 4 is 38.3 Å².